The Morgan fingerprint density at radius 2 is 2.24 bits per heavy atom. The summed E-state index contributed by atoms with van der Waals surface area (Å²) in [6.07, 6.45) is 0. The Hall–Kier alpha value is -1.86. The summed E-state index contributed by atoms with van der Waals surface area (Å²) in [7, 11) is 1.62. The molecule has 1 rings (SSSR count). The molecule has 2 N–H and O–H groups in total. The fraction of sp³-hybridized carbons (Fsp3) is 0.385. The number of hydrogen-bond donors (Lipinski definition) is 2. The lowest BCUT2D eigenvalue weighted by Crippen LogP contribution is -2.40. The Labute approximate surface area is 102 Å². The van der Waals surface area contributed by atoms with E-state index in [9.17, 15) is 4.79 Å². The predicted octanol–water partition coefficient (Wildman–Crippen LogP) is 1.09. The molecule has 1 aromatic carbocycles. The van der Waals surface area contributed by atoms with Crippen LogP contribution >= 0.6 is 0 Å². The molecule has 0 aliphatic heterocycles. The summed E-state index contributed by atoms with van der Waals surface area (Å²) in [5.41, 5.74) is 2.81. The first kappa shape index (κ1) is 13.2. The van der Waals surface area contributed by atoms with Gasteiger partial charge in [-0.2, -0.15) is 5.26 Å². The Balaban J connectivity index is 2.64. The van der Waals surface area contributed by atoms with E-state index in [-0.39, 0.29) is 11.9 Å². The molecule has 1 amide bonds. The molecule has 1 unspecified atom stereocenters. The Morgan fingerprint density at radius 3 is 2.76 bits per heavy atom. The van der Waals surface area contributed by atoms with Crippen molar-refractivity contribution < 1.29 is 4.79 Å². The maximum Gasteiger partial charge on any atom is 0.236 e. The average Bonchev–Trinajstić information content (AvgIpc) is 2.35. The molecule has 1 atom stereocenters. The highest BCUT2D eigenvalue weighted by molar-refractivity contribution is 5.80. The Kier molecular flexibility index (Phi) is 4.68. The summed E-state index contributed by atoms with van der Waals surface area (Å²) in [5.74, 6) is -0.0312. The van der Waals surface area contributed by atoms with Crippen LogP contribution in [-0.4, -0.2) is 19.0 Å². The van der Waals surface area contributed by atoms with Gasteiger partial charge in [-0.05, 0) is 37.1 Å². The first-order chi connectivity index (χ1) is 8.08. The molecule has 0 saturated heterocycles. The molecule has 0 radical (unpaired) electrons. The van der Waals surface area contributed by atoms with Crippen LogP contribution in [0.3, 0.4) is 0 Å². The van der Waals surface area contributed by atoms with Gasteiger partial charge in [-0.3, -0.25) is 4.79 Å². The minimum atomic E-state index is -0.227. The molecular formula is C13H17N3O. The topological polar surface area (TPSA) is 64.9 Å². The van der Waals surface area contributed by atoms with Crippen molar-refractivity contribution in [1.29, 1.82) is 5.26 Å². The number of hydrogen-bond acceptors (Lipinski definition) is 3. The smallest absolute Gasteiger partial charge is 0.236 e. The summed E-state index contributed by atoms with van der Waals surface area (Å²) >= 11 is 0. The van der Waals surface area contributed by atoms with E-state index in [1.54, 1.807) is 13.1 Å². The molecule has 0 saturated carbocycles. The normalized spacial score (nSPS) is 11.6. The molecule has 4 heteroatoms. The molecule has 17 heavy (non-hydrogen) atoms. The molecule has 0 aromatic heterocycles. The van der Waals surface area contributed by atoms with Gasteiger partial charge in [0.15, 0.2) is 0 Å². The van der Waals surface area contributed by atoms with Crippen molar-refractivity contribution in [1.82, 2.24) is 10.6 Å². The Morgan fingerprint density at radius 1 is 1.53 bits per heavy atom. The van der Waals surface area contributed by atoms with Gasteiger partial charge in [0.2, 0.25) is 5.91 Å². The summed E-state index contributed by atoms with van der Waals surface area (Å²) in [6.45, 7) is 4.40. The third-order valence-electron chi connectivity index (χ3n) is 2.71. The first-order valence-electron chi connectivity index (χ1n) is 5.53. The van der Waals surface area contributed by atoms with Crippen LogP contribution in [-0.2, 0) is 11.3 Å². The van der Waals surface area contributed by atoms with Crippen LogP contribution in [0.4, 0.5) is 0 Å². The van der Waals surface area contributed by atoms with Crippen molar-refractivity contribution in [3.05, 3.63) is 34.9 Å². The van der Waals surface area contributed by atoms with E-state index in [0.717, 1.165) is 11.1 Å². The zero-order valence-electron chi connectivity index (χ0n) is 10.4. The van der Waals surface area contributed by atoms with Crippen LogP contribution in [0, 0.1) is 18.3 Å². The van der Waals surface area contributed by atoms with Crippen molar-refractivity contribution in [2.24, 2.45) is 0 Å². The Bertz CT molecular complexity index is 448. The van der Waals surface area contributed by atoms with Crippen molar-refractivity contribution in [2.75, 3.05) is 7.05 Å². The van der Waals surface area contributed by atoms with E-state index in [1.807, 2.05) is 26.0 Å². The standard InChI is InChI=1S/C13H17N3O/c1-9-6-11(7-14)4-5-12(9)8-16-10(2)13(17)15-3/h4-6,10,16H,8H2,1-3H3,(H,15,17). The number of nitrogens with zero attached hydrogens (tertiary/aromatic N) is 1. The third kappa shape index (κ3) is 3.58. The predicted molar refractivity (Wildman–Crippen MR) is 66.3 cm³/mol. The van der Waals surface area contributed by atoms with Crippen molar-refractivity contribution >= 4 is 5.91 Å². The molecule has 1 aromatic rings. The van der Waals surface area contributed by atoms with Gasteiger partial charge in [0.05, 0.1) is 17.7 Å². The van der Waals surface area contributed by atoms with E-state index in [1.165, 1.54) is 0 Å². The van der Waals surface area contributed by atoms with Gasteiger partial charge in [-0.25, -0.2) is 0 Å². The molecule has 0 bridgehead atoms. The van der Waals surface area contributed by atoms with Gasteiger partial charge in [0.25, 0.3) is 0 Å². The SMILES string of the molecule is CNC(=O)C(C)NCc1ccc(C#N)cc1C. The fourth-order valence-electron chi connectivity index (χ4n) is 1.54. The van der Waals surface area contributed by atoms with Gasteiger partial charge >= 0.3 is 0 Å². The lowest BCUT2D eigenvalue weighted by Gasteiger charge is -2.13. The van der Waals surface area contributed by atoms with E-state index < -0.39 is 0 Å². The summed E-state index contributed by atoms with van der Waals surface area (Å²) in [6, 6.07) is 7.43. The second-order valence-corrected chi connectivity index (χ2v) is 3.97. The monoisotopic (exact) mass is 231 g/mol. The van der Waals surface area contributed by atoms with Gasteiger partial charge in [0.1, 0.15) is 0 Å². The number of rotatable bonds is 4. The quantitative estimate of drug-likeness (QED) is 0.815. The van der Waals surface area contributed by atoms with E-state index in [4.69, 9.17) is 5.26 Å². The van der Waals surface area contributed by atoms with Gasteiger partial charge in [-0.1, -0.05) is 6.07 Å². The van der Waals surface area contributed by atoms with Crippen LogP contribution in [0.25, 0.3) is 0 Å². The highest BCUT2D eigenvalue weighted by atomic mass is 16.2. The number of aryl methyl sites for hydroxylation is 1. The van der Waals surface area contributed by atoms with E-state index in [0.29, 0.717) is 12.1 Å². The van der Waals surface area contributed by atoms with Gasteiger partial charge in [0, 0.05) is 13.6 Å². The number of carbonyl (C=O) groups excluding carboxylic acids is 1. The van der Waals surface area contributed by atoms with Crippen molar-refractivity contribution in [2.45, 2.75) is 26.4 Å². The lowest BCUT2D eigenvalue weighted by atomic mass is 10.1. The number of benzene rings is 1. The minimum Gasteiger partial charge on any atom is -0.358 e. The third-order valence-corrected chi connectivity index (χ3v) is 2.71. The molecule has 0 heterocycles. The number of nitrogens with one attached hydrogen (secondary N) is 2. The number of likely N-dealkylation sites (N-methyl/N-ethyl adjacent to an activating group) is 1. The highest BCUT2D eigenvalue weighted by Crippen LogP contribution is 2.10. The van der Waals surface area contributed by atoms with Crippen LogP contribution in [0.15, 0.2) is 18.2 Å². The number of carbonyl (C=O) groups is 1. The second kappa shape index (κ2) is 6.02. The van der Waals surface area contributed by atoms with Crippen LogP contribution in [0.1, 0.15) is 23.6 Å². The van der Waals surface area contributed by atoms with Crippen LogP contribution in [0.5, 0.6) is 0 Å². The molecule has 0 aliphatic rings. The van der Waals surface area contributed by atoms with Gasteiger partial charge in [-0.15, -0.1) is 0 Å². The number of amides is 1. The molecule has 0 aliphatic carbocycles. The zero-order valence-corrected chi connectivity index (χ0v) is 10.4. The van der Waals surface area contributed by atoms with Crippen LogP contribution < -0.4 is 10.6 Å². The lowest BCUT2D eigenvalue weighted by molar-refractivity contribution is -0.122. The largest absolute Gasteiger partial charge is 0.358 e. The average molecular weight is 231 g/mol. The maximum atomic E-state index is 11.3. The van der Waals surface area contributed by atoms with E-state index in [2.05, 4.69) is 16.7 Å². The van der Waals surface area contributed by atoms with Gasteiger partial charge < -0.3 is 10.6 Å². The summed E-state index contributed by atoms with van der Waals surface area (Å²) in [4.78, 5) is 11.3. The fourth-order valence-corrected chi connectivity index (χ4v) is 1.54. The second-order valence-electron chi connectivity index (χ2n) is 3.97. The van der Waals surface area contributed by atoms with Crippen LogP contribution in [0.2, 0.25) is 0 Å². The maximum absolute atomic E-state index is 11.3. The van der Waals surface area contributed by atoms with E-state index >= 15 is 0 Å². The minimum absolute atomic E-state index is 0.0312. The summed E-state index contributed by atoms with van der Waals surface area (Å²) < 4.78 is 0. The molecule has 90 valence electrons. The van der Waals surface area contributed by atoms with Crippen molar-refractivity contribution in [3.8, 4) is 6.07 Å². The van der Waals surface area contributed by atoms with Crippen molar-refractivity contribution in [3.63, 3.8) is 0 Å². The zero-order chi connectivity index (χ0) is 12.8. The first-order valence-corrected chi connectivity index (χ1v) is 5.53. The molecular weight excluding hydrogens is 214 g/mol. The molecule has 0 spiro atoms. The number of nitriles is 1. The summed E-state index contributed by atoms with van der Waals surface area (Å²) in [5, 5.41) is 14.5. The molecule has 0 fully saturated rings. The molecule has 4 nitrogen and oxygen atoms in total. The highest BCUT2D eigenvalue weighted by Gasteiger charge is 2.10.